The monoisotopic (exact) mass is 626 g/mol. The molecule has 0 fully saturated rings. The number of benzene rings is 4. The summed E-state index contributed by atoms with van der Waals surface area (Å²) in [6.45, 7) is 2.04. The van der Waals surface area contributed by atoms with E-state index < -0.39 is 0 Å². The Kier molecular flexibility index (Phi) is 6.23. The number of nitrogens with zero attached hydrogens (tertiary/aromatic N) is 5. The van der Waals surface area contributed by atoms with Crippen LogP contribution in [0.4, 0.5) is 22.9 Å². The fourth-order valence-corrected chi connectivity index (χ4v) is 5.96. The van der Waals surface area contributed by atoms with E-state index >= 15 is 0 Å². The molecule has 3 heterocycles. The van der Waals surface area contributed by atoms with Crippen molar-refractivity contribution in [3.8, 4) is 5.69 Å². The summed E-state index contributed by atoms with van der Waals surface area (Å²) >= 11 is 16.2. The van der Waals surface area contributed by atoms with Crippen molar-refractivity contribution in [1.29, 1.82) is 0 Å². The maximum Gasteiger partial charge on any atom is 0.179 e. The minimum absolute atomic E-state index is 0.209. The summed E-state index contributed by atoms with van der Waals surface area (Å²) in [4.78, 5) is 12.5. The van der Waals surface area contributed by atoms with Crippen molar-refractivity contribution in [1.82, 2.24) is 9.78 Å². The Hall–Kier alpha value is -3.91. The Morgan fingerprint density at radius 2 is 1.62 bits per heavy atom. The molecular weight excluding hydrogens is 607 g/mol. The average Bonchev–Trinajstić information content (AvgIpc) is 3.30. The predicted molar refractivity (Wildman–Crippen MR) is 167 cm³/mol. The molecule has 1 atom stereocenters. The third kappa shape index (κ3) is 4.22. The number of rotatable bonds is 3. The van der Waals surface area contributed by atoms with Crippen LogP contribution in [0.2, 0.25) is 10.0 Å². The second-order valence-electron chi connectivity index (χ2n) is 9.54. The van der Waals surface area contributed by atoms with E-state index in [0.717, 1.165) is 49.9 Å². The smallest absolute Gasteiger partial charge is 0.179 e. The number of anilines is 2. The average molecular weight is 628 g/mol. The minimum atomic E-state index is -0.209. The Labute approximate surface area is 249 Å². The number of amidine groups is 2. The highest BCUT2D eigenvalue weighted by Gasteiger charge is 2.41. The third-order valence-corrected chi connectivity index (χ3v) is 8.22. The summed E-state index contributed by atoms with van der Waals surface area (Å²) in [6.07, 6.45) is 0. The Morgan fingerprint density at radius 3 is 2.42 bits per heavy atom. The molecule has 40 heavy (non-hydrogen) atoms. The molecule has 0 bridgehead atoms. The lowest BCUT2D eigenvalue weighted by molar-refractivity contribution is 0.815. The van der Waals surface area contributed by atoms with Gasteiger partial charge >= 0.3 is 0 Å². The summed E-state index contributed by atoms with van der Waals surface area (Å²) in [5.41, 5.74) is 6.53. The van der Waals surface area contributed by atoms with Gasteiger partial charge in [-0.25, -0.2) is 14.7 Å². The standard InChI is InChI=1S/C31H21BrCl2N6/c1-18-27-28(19-8-7-9-20(32)16-19)39-26-13-6-5-12-25(26)36-29(35-21-14-15-23(33)24(34)17-21)31(39)37-30(27)40(38-18)22-10-3-2-4-11-22/h2-17,28H,1H3,(H,35,36)/t28-/m1/s1. The predicted octanol–water partition coefficient (Wildman–Crippen LogP) is 9.05. The summed E-state index contributed by atoms with van der Waals surface area (Å²) in [7, 11) is 0. The van der Waals surface area contributed by atoms with Gasteiger partial charge in [-0.05, 0) is 67.1 Å². The van der Waals surface area contributed by atoms with Gasteiger partial charge in [0.2, 0.25) is 0 Å². The van der Waals surface area contributed by atoms with Crippen molar-refractivity contribution < 1.29 is 0 Å². The summed E-state index contributed by atoms with van der Waals surface area (Å²) in [5.74, 6) is 2.04. The van der Waals surface area contributed by atoms with Crippen LogP contribution in [0.1, 0.15) is 22.9 Å². The number of para-hydroxylation sites is 3. The molecule has 9 heteroatoms. The van der Waals surface area contributed by atoms with Crippen LogP contribution in [0, 0.1) is 6.92 Å². The number of aliphatic imine (C=N–C) groups is 2. The number of nitrogens with one attached hydrogen (secondary N) is 1. The molecule has 0 radical (unpaired) electrons. The van der Waals surface area contributed by atoms with Gasteiger partial charge < -0.3 is 10.2 Å². The van der Waals surface area contributed by atoms with Crippen LogP contribution in [0.25, 0.3) is 5.69 Å². The molecule has 0 amide bonds. The van der Waals surface area contributed by atoms with Gasteiger partial charge in [-0.2, -0.15) is 5.10 Å². The molecule has 0 aliphatic carbocycles. The van der Waals surface area contributed by atoms with E-state index in [9.17, 15) is 0 Å². The molecule has 7 rings (SSSR count). The number of aryl methyl sites for hydroxylation is 1. The number of fused-ring (bicyclic) bond motifs is 4. The first-order valence-corrected chi connectivity index (χ1v) is 14.2. The molecule has 2 aliphatic heterocycles. The lowest BCUT2D eigenvalue weighted by Gasteiger charge is -2.40. The lowest BCUT2D eigenvalue weighted by Crippen LogP contribution is -2.46. The first-order chi connectivity index (χ1) is 19.5. The van der Waals surface area contributed by atoms with Crippen LogP contribution in [-0.4, -0.2) is 21.5 Å². The Morgan fingerprint density at radius 1 is 0.825 bits per heavy atom. The zero-order chi connectivity index (χ0) is 27.4. The van der Waals surface area contributed by atoms with Crippen molar-refractivity contribution in [2.75, 3.05) is 10.2 Å². The molecule has 6 nitrogen and oxygen atoms in total. The van der Waals surface area contributed by atoms with Gasteiger partial charge in [0.25, 0.3) is 0 Å². The molecule has 1 aromatic heterocycles. The maximum atomic E-state index is 6.36. The van der Waals surface area contributed by atoms with E-state index in [0.29, 0.717) is 21.7 Å². The normalized spacial score (nSPS) is 15.5. The topological polar surface area (TPSA) is 57.8 Å². The van der Waals surface area contributed by atoms with Gasteiger partial charge in [0.1, 0.15) is 0 Å². The van der Waals surface area contributed by atoms with Crippen LogP contribution in [0.15, 0.2) is 112 Å². The Balaban J connectivity index is 1.50. The largest absolute Gasteiger partial charge is 0.337 e. The van der Waals surface area contributed by atoms with Crippen LogP contribution >= 0.6 is 39.1 Å². The van der Waals surface area contributed by atoms with Gasteiger partial charge in [-0.15, -0.1) is 0 Å². The van der Waals surface area contributed by atoms with Crippen LogP contribution < -0.4 is 10.2 Å². The molecule has 0 saturated heterocycles. The molecule has 0 saturated carbocycles. The van der Waals surface area contributed by atoms with Gasteiger partial charge in [0.15, 0.2) is 17.5 Å². The van der Waals surface area contributed by atoms with E-state index in [4.69, 9.17) is 38.3 Å². The highest BCUT2D eigenvalue weighted by molar-refractivity contribution is 9.10. The zero-order valence-electron chi connectivity index (χ0n) is 21.2. The van der Waals surface area contributed by atoms with Crippen molar-refractivity contribution in [3.05, 3.63) is 128 Å². The van der Waals surface area contributed by atoms with Gasteiger partial charge in [0, 0.05) is 15.7 Å². The highest BCUT2D eigenvalue weighted by atomic mass is 79.9. The second kappa shape index (κ2) is 9.93. The molecule has 4 aromatic carbocycles. The first kappa shape index (κ1) is 25.1. The molecule has 0 unspecified atom stereocenters. The van der Waals surface area contributed by atoms with E-state index in [2.05, 4.69) is 50.4 Å². The third-order valence-electron chi connectivity index (χ3n) is 6.99. The van der Waals surface area contributed by atoms with E-state index in [1.807, 2.05) is 72.3 Å². The summed E-state index contributed by atoms with van der Waals surface area (Å²) in [6, 6.07) is 31.8. The van der Waals surface area contributed by atoms with E-state index in [-0.39, 0.29) is 6.04 Å². The molecular formula is C31H21BrCl2N6. The number of hydrogen-bond donors (Lipinski definition) is 1. The number of hydrogen-bond acceptors (Lipinski definition) is 5. The molecule has 5 aromatic rings. The number of halogens is 3. The van der Waals surface area contributed by atoms with Gasteiger partial charge in [-0.1, -0.05) is 81.6 Å². The second-order valence-corrected chi connectivity index (χ2v) is 11.3. The zero-order valence-corrected chi connectivity index (χ0v) is 24.3. The highest BCUT2D eigenvalue weighted by Crippen LogP contribution is 2.48. The fraction of sp³-hybridized carbons (Fsp3) is 0.0645. The first-order valence-electron chi connectivity index (χ1n) is 12.7. The van der Waals surface area contributed by atoms with Crippen molar-refractivity contribution in [2.24, 2.45) is 9.98 Å². The summed E-state index contributed by atoms with van der Waals surface area (Å²) in [5, 5.41) is 9.39. The maximum absolute atomic E-state index is 6.36. The van der Waals surface area contributed by atoms with E-state index in [1.54, 1.807) is 12.1 Å². The van der Waals surface area contributed by atoms with Crippen LogP contribution in [0.5, 0.6) is 0 Å². The van der Waals surface area contributed by atoms with E-state index in [1.165, 1.54) is 0 Å². The SMILES string of the molecule is Cc1nn(-c2ccccc2)c2c1[C@@H](c1cccc(Br)c1)N1C(=N2)C(Nc2ccc(Cl)c(Cl)c2)=Nc2ccccc21. The summed E-state index contributed by atoms with van der Waals surface area (Å²) < 4.78 is 2.91. The van der Waals surface area contributed by atoms with Crippen molar-refractivity contribution >= 4 is 73.7 Å². The van der Waals surface area contributed by atoms with Crippen LogP contribution in [-0.2, 0) is 0 Å². The van der Waals surface area contributed by atoms with Crippen LogP contribution in [0.3, 0.4) is 0 Å². The van der Waals surface area contributed by atoms with Gasteiger partial charge in [0.05, 0.1) is 38.8 Å². The molecule has 1 N–H and O–H groups in total. The van der Waals surface area contributed by atoms with Gasteiger partial charge in [-0.3, -0.25) is 0 Å². The number of aromatic nitrogens is 2. The fourth-order valence-electron chi connectivity index (χ4n) is 5.25. The molecule has 2 aliphatic rings. The van der Waals surface area contributed by atoms with Crippen molar-refractivity contribution in [2.45, 2.75) is 13.0 Å². The van der Waals surface area contributed by atoms with Crippen molar-refractivity contribution in [3.63, 3.8) is 0 Å². The molecule has 0 spiro atoms. The quantitative estimate of drug-likeness (QED) is 0.217. The molecule has 196 valence electrons. The lowest BCUT2D eigenvalue weighted by atomic mass is 9.93. The minimum Gasteiger partial charge on any atom is -0.337 e. The Bertz CT molecular complexity index is 1850.